The van der Waals surface area contributed by atoms with Gasteiger partial charge in [-0.25, -0.2) is 13.6 Å². The number of aliphatic carboxylic acids is 1. The summed E-state index contributed by atoms with van der Waals surface area (Å²) in [7, 11) is 0. The molecule has 1 aromatic carbocycles. The van der Waals surface area contributed by atoms with E-state index in [0.717, 1.165) is 6.07 Å². The third-order valence-corrected chi connectivity index (χ3v) is 3.69. The quantitative estimate of drug-likeness (QED) is 0.863. The summed E-state index contributed by atoms with van der Waals surface area (Å²) in [4.78, 5) is 24.0. The number of nitrogens with zero attached hydrogens (tertiary/aromatic N) is 1. The molecular weight excluding hydrogens is 338 g/mol. The molecule has 0 aliphatic carbocycles. The molecule has 1 aliphatic heterocycles. The third kappa shape index (κ3) is 3.06. The van der Waals surface area contributed by atoms with E-state index in [0.29, 0.717) is 12.5 Å². The first-order chi connectivity index (χ1) is 9.38. The van der Waals surface area contributed by atoms with Gasteiger partial charge >= 0.3 is 12.0 Å². The SMILES string of the molecule is O=C(O)C1CCN(C(=O)Nc2c(F)cc(F)cc2Br)C1. The number of carbonyl (C=O) groups is 2. The van der Waals surface area contributed by atoms with Crippen molar-refractivity contribution in [3.05, 3.63) is 28.2 Å². The van der Waals surface area contributed by atoms with Crippen molar-refractivity contribution in [3.63, 3.8) is 0 Å². The van der Waals surface area contributed by atoms with Gasteiger partial charge in [-0.1, -0.05) is 0 Å². The normalized spacial score (nSPS) is 18.1. The average Bonchev–Trinajstić information content (AvgIpc) is 2.83. The van der Waals surface area contributed by atoms with E-state index in [-0.39, 0.29) is 23.2 Å². The Morgan fingerprint density at radius 1 is 1.40 bits per heavy atom. The predicted octanol–water partition coefficient (Wildman–Crippen LogP) is 2.67. The van der Waals surface area contributed by atoms with E-state index in [1.54, 1.807) is 0 Å². The molecule has 1 atom stereocenters. The van der Waals surface area contributed by atoms with Crippen LogP contribution in [0.4, 0.5) is 19.3 Å². The van der Waals surface area contributed by atoms with Crippen molar-refractivity contribution < 1.29 is 23.5 Å². The lowest BCUT2D eigenvalue weighted by Gasteiger charge is -2.17. The van der Waals surface area contributed by atoms with Crippen LogP contribution in [0.15, 0.2) is 16.6 Å². The summed E-state index contributed by atoms with van der Waals surface area (Å²) in [5.41, 5.74) is -0.171. The molecule has 1 aromatic rings. The molecule has 2 rings (SSSR count). The lowest BCUT2D eigenvalue weighted by atomic mass is 10.1. The monoisotopic (exact) mass is 348 g/mol. The molecule has 8 heteroatoms. The van der Waals surface area contributed by atoms with Gasteiger partial charge in [0.1, 0.15) is 5.82 Å². The summed E-state index contributed by atoms with van der Waals surface area (Å²) < 4.78 is 26.6. The fraction of sp³-hybridized carbons (Fsp3) is 0.333. The number of carbonyl (C=O) groups excluding carboxylic acids is 1. The van der Waals surface area contributed by atoms with Gasteiger partial charge in [0, 0.05) is 23.6 Å². The first-order valence-corrected chi connectivity index (χ1v) is 6.61. The summed E-state index contributed by atoms with van der Waals surface area (Å²) in [6, 6.07) is 1.08. The van der Waals surface area contributed by atoms with Crippen LogP contribution in [0, 0.1) is 17.6 Å². The molecule has 2 N–H and O–H groups in total. The fourth-order valence-electron chi connectivity index (χ4n) is 1.99. The molecule has 1 heterocycles. The highest BCUT2D eigenvalue weighted by Gasteiger charge is 2.31. The van der Waals surface area contributed by atoms with Crippen LogP contribution in [0.25, 0.3) is 0 Å². The Kier molecular flexibility index (Phi) is 4.22. The molecule has 1 saturated heterocycles. The molecule has 108 valence electrons. The highest BCUT2D eigenvalue weighted by atomic mass is 79.9. The lowest BCUT2D eigenvalue weighted by Crippen LogP contribution is -2.34. The largest absolute Gasteiger partial charge is 0.481 e. The van der Waals surface area contributed by atoms with Crippen molar-refractivity contribution in [1.29, 1.82) is 0 Å². The first kappa shape index (κ1) is 14.7. The zero-order valence-corrected chi connectivity index (χ0v) is 11.8. The summed E-state index contributed by atoms with van der Waals surface area (Å²) >= 11 is 2.96. The van der Waals surface area contributed by atoms with Gasteiger partial charge in [0.05, 0.1) is 11.6 Å². The standard InChI is InChI=1S/C12H11BrF2N2O3/c13-8-3-7(14)4-9(15)10(8)16-12(20)17-2-1-6(5-17)11(18)19/h3-4,6H,1-2,5H2,(H,16,20)(H,18,19). The van der Waals surface area contributed by atoms with E-state index in [2.05, 4.69) is 21.2 Å². The maximum Gasteiger partial charge on any atom is 0.321 e. The Balaban J connectivity index is 2.08. The number of halogens is 3. The van der Waals surface area contributed by atoms with E-state index in [4.69, 9.17) is 5.11 Å². The fourth-order valence-corrected chi connectivity index (χ4v) is 2.50. The minimum absolute atomic E-state index is 0.0710. The van der Waals surface area contributed by atoms with E-state index in [9.17, 15) is 18.4 Å². The van der Waals surface area contributed by atoms with Gasteiger partial charge in [-0.05, 0) is 28.4 Å². The van der Waals surface area contributed by atoms with Crippen LogP contribution in [0.5, 0.6) is 0 Å². The number of anilines is 1. The van der Waals surface area contributed by atoms with Gasteiger partial charge in [-0.3, -0.25) is 4.79 Å². The number of carboxylic acids is 1. The molecular formula is C12H11BrF2N2O3. The molecule has 1 unspecified atom stereocenters. The van der Waals surface area contributed by atoms with Gasteiger partial charge < -0.3 is 15.3 Å². The third-order valence-electron chi connectivity index (χ3n) is 3.06. The van der Waals surface area contributed by atoms with Gasteiger partial charge in [-0.15, -0.1) is 0 Å². The predicted molar refractivity (Wildman–Crippen MR) is 70.4 cm³/mol. The van der Waals surface area contributed by atoms with Gasteiger partial charge in [-0.2, -0.15) is 0 Å². The molecule has 1 aliphatic rings. The van der Waals surface area contributed by atoms with Crippen molar-refractivity contribution in [2.75, 3.05) is 18.4 Å². The Bertz CT molecular complexity index is 545. The van der Waals surface area contributed by atoms with E-state index < -0.39 is 29.6 Å². The smallest absolute Gasteiger partial charge is 0.321 e. The van der Waals surface area contributed by atoms with Gasteiger partial charge in [0.2, 0.25) is 0 Å². The van der Waals surface area contributed by atoms with Crippen molar-refractivity contribution in [2.24, 2.45) is 5.92 Å². The molecule has 0 saturated carbocycles. The topological polar surface area (TPSA) is 69.6 Å². The van der Waals surface area contributed by atoms with Crippen LogP contribution in [0.1, 0.15) is 6.42 Å². The first-order valence-electron chi connectivity index (χ1n) is 5.81. The number of amides is 2. The van der Waals surface area contributed by atoms with E-state index in [1.807, 2.05) is 0 Å². The maximum atomic E-state index is 13.6. The number of hydrogen-bond donors (Lipinski definition) is 2. The number of urea groups is 1. The van der Waals surface area contributed by atoms with Crippen LogP contribution >= 0.6 is 15.9 Å². The summed E-state index contributed by atoms with van der Waals surface area (Å²) in [6.07, 6.45) is 0.357. The molecule has 5 nitrogen and oxygen atoms in total. The minimum atomic E-state index is -0.963. The molecule has 0 radical (unpaired) electrons. The van der Waals surface area contributed by atoms with Gasteiger partial charge in [0.15, 0.2) is 5.82 Å². The number of likely N-dealkylation sites (tertiary alicyclic amines) is 1. The number of rotatable bonds is 2. The van der Waals surface area contributed by atoms with Crippen LogP contribution in [0.2, 0.25) is 0 Å². The van der Waals surface area contributed by atoms with E-state index >= 15 is 0 Å². The highest BCUT2D eigenvalue weighted by molar-refractivity contribution is 9.10. The summed E-state index contributed by atoms with van der Waals surface area (Å²) in [5.74, 6) is -3.24. The molecule has 0 spiro atoms. The Hall–Kier alpha value is -1.70. The number of hydrogen-bond acceptors (Lipinski definition) is 2. The Morgan fingerprint density at radius 3 is 2.65 bits per heavy atom. The zero-order chi connectivity index (χ0) is 14.9. The Labute approximate surface area is 121 Å². The minimum Gasteiger partial charge on any atom is -0.481 e. The summed E-state index contributed by atoms with van der Waals surface area (Å²) in [6.45, 7) is 0.352. The molecule has 0 aromatic heterocycles. The second kappa shape index (κ2) is 5.74. The summed E-state index contributed by atoms with van der Waals surface area (Å²) in [5, 5.41) is 11.2. The maximum absolute atomic E-state index is 13.6. The van der Waals surface area contributed by atoms with E-state index in [1.165, 1.54) is 4.90 Å². The Morgan fingerprint density at radius 2 is 2.10 bits per heavy atom. The lowest BCUT2D eigenvalue weighted by molar-refractivity contribution is -0.141. The molecule has 0 bridgehead atoms. The van der Waals surface area contributed by atoms with Crippen LogP contribution in [-0.2, 0) is 4.79 Å². The van der Waals surface area contributed by atoms with Crippen LogP contribution < -0.4 is 5.32 Å². The van der Waals surface area contributed by atoms with Crippen molar-refractivity contribution in [3.8, 4) is 0 Å². The second-order valence-electron chi connectivity index (χ2n) is 4.44. The molecule has 20 heavy (non-hydrogen) atoms. The highest BCUT2D eigenvalue weighted by Crippen LogP contribution is 2.27. The van der Waals surface area contributed by atoms with Crippen molar-refractivity contribution in [2.45, 2.75) is 6.42 Å². The number of nitrogens with one attached hydrogen (secondary N) is 1. The van der Waals surface area contributed by atoms with Crippen molar-refractivity contribution in [1.82, 2.24) is 4.90 Å². The van der Waals surface area contributed by atoms with Gasteiger partial charge in [0.25, 0.3) is 0 Å². The van der Waals surface area contributed by atoms with Crippen molar-refractivity contribution >= 4 is 33.6 Å². The average molecular weight is 349 g/mol. The van der Waals surface area contributed by atoms with Crippen LogP contribution in [-0.4, -0.2) is 35.1 Å². The zero-order valence-electron chi connectivity index (χ0n) is 10.2. The number of carboxylic acid groups (broad SMARTS) is 1. The number of benzene rings is 1. The second-order valence-corrected chi connectivity index (χ2v) is 5.30. The molecule has 2 amide bonds. The molecule has 1 fully saturated rings. The van der Waals surface area contributed by atoms with Crippen LogP contribution in [0.3, 0.4) is 0 Å².